The zero-order valence-corrected chi connectivity index (χ0v) is 11.6. The Labute approximate surface area is 123 Å². The summed E-state index contributed by atoms with van der Waals surface area (Å²) in [5.74, 6) is -0.598. The molecule has 0 radical (unpaired) electrons. The lowest BCUT2D eigenvalue weighted by atomic mass is 10.2. The Morgan fingerprint density at radius 2 is 1.95 bits per heavy atom. The summed E-state index contributed by atoms with van der Waals surface area (Å²) in [5, 5.41) is 0.481. The van der Waals surface area contributed by atoms with Gasteiger partial charge in [-0.3, -0.25) is 9.36 Å². The highest BCUT2D eigenvalue weighted by molar-refractivity contribution is 7.71. The standard InChI is InChI=1S/C14H8ClFN2OS/c15-10-6-5-8(7-11(10)16)18-13(19)9-3-1-2-4-12(9)17-14(18)20/h1-7H,(H,17,20). The molecule has 0 aliphatic heterocycles. The van der Waals surface area contributed by atoms with Crippen molar-refractivity contribution >= 4 is 34.7 Å². The number of aromatic amines is 1. The predicted octanol–water partition coefficient (Wildman–Crippen LogP) is 3.84. The van der Waals surface area contributed by atoms with Crippen LogP contribution in [0.3, 0.4) is 0 Å². The number of rotatable bonds is 1. The van der Waals surface area contributed by atoms with Gasteiger partial charge in [-0.1, -0.05) is 23.7 Å². The van der Waals surface area contributed by atoms with Crippen LogP contribution in [0.2, 0.25) is 5.02 Å². The molecule has 2 aromatic carbocycles. The molecule has 0 aliphatic rings. The summed E-state index contributed by atoms with van der Waals surface area (Å²) >= 11 is 10.8. The first-order valence-electron chi connectivity index (χ1n) is 5.77. The third-order valence-corrected chi connectivity index (χ3v) is 3.56. The fourth-order valence-corrected chi connectivity index (χ4v) is 2.44. The SMILES string of the molecule is O=c1c2ccccc2[nH]c(=S)n1-c1ccc(Cl)c(F)c1. The molecule has 0 fully saturated rings. The van der Waals surface area contributed by atoms with Crippen LogP contribution in [0.4, 0.5) is 4.39 Å². The number of benzene rings is 2. The lowest BCUT2D eigenvalue weighted by molar-refractivity contribution is 0.626. The number of hydrogen-bond acceptors (Lipinski definition) is 2. The van der Waals surface area contributed by atoms with Crippen molar-refractivity contribution in [3.63, 3.8) is 0 Å². The minimum atomic E-state index is -0.598. The van der Waals surface area contributed by atoms with E-state index in [1.807, 2.05) is 0 Å². The molecule has 3 nitrogen and oxygen atoms in total. The molecule has 20 heavy (non-hydrogen) atoms. The van der Waals surface area contributed by atoms with Crippen LogP contribution in [-0.2, 0) is 0 Å². The molecule has 1 N–H and O–H groups in total. The second kappa shape index (κ2) is 4.85. The van der Waals surface area contributed by atoms with Gasteiger partial charge in [-0.15, -0.1) is 0 Å². The lowest BCUT2D eigenvalue weighted by Crippen LogP contribution is -2.20. The van der Waals surface area contributed by atoms with E-state index < -0.39 is 5.82 Å². The van der Waals surface area contributed by atoms with E-state index in [-0.39, 0.29) is 15.4 Å². The first kappa shape index (κ1) is 13.0. The maximum absolute atomic E-state index is 13.6. The molecular formula is C14H8ClFN2OS. The van der Waals surface area contributed by atoms with Gasteiger partial charge in [0.15, 0.2) is 4.77 Å². The van der Waals surface area contributed by atoms with E-state index in [9.17, 15) is 9.18 Å². The average Bonchev–Trinajstić information content (AvgIpc) is 2.43. The van der Waals surface area contributed by atoms with E-state index in [0.29, 0.717) is 16.6 Å². The van der Waals surface area contributed by atoms with Crippen molar-refractivity contribution in [1.82, 2.24) is 9.55 Å². The molecule has 0 atom stereocenters. The monoisotopic (exact) mass is 306 g/mol. The van der Waals surface area contributed by atoms with Crippen molar-refractivity contribution < 1.29 is 4.39 Å². The molecule has 0 saturated heterocycles. The Morgan fingerprint density at radius 3 is 2.70 bits per heavy atom. The summed E-state index contributed by atoms with van der Waals surface area (Å²) in [7, 11) is 0. The summed E-state index contributed by atoms with van der Waals surface area (Å²) in [6.07, 6.45) is 0. The van der Waals surface area contributed by atoms with Gasteiger partial charge in [0.05, 0.1) is 21.6 Å². The van der Waals surface area contributed by atoms with Crippen molar-refractivity contribution in [1.29, 1.82) is 0 Å². The van der Waals surface area contributed by atoms with Gasteiger partial charge in [0, 0.05) is 0 Å². The van der Waals surface area contributed by atoms with Gasteiger partial charge >= 0.3 is 0 Å². The predicted molar refractivity (Wildman–Crippen MR) is 79.7 cm³/mol. The zero-order valence-electron chi connectivity index (χ0n) is 10.1. The minimum absolute atomic E-state index is 0.00233. The van der Waals surface area contributed by atoms with E-state index in [4.69, 9.17) is 23.8 Å². The highest BCUT2D eigenvalue weighted by atomic mass is 35.5. The van der Waals surface area contributed by atoms with Crippen LogP contribution in [-0.4, -0.2) is 9.55 Å². The van der Waals surface area contributed by atoms with Gasteiger partial charge in [-0.05, 0) is 42.5 Å². The van der Waals surface area contributed by atoms with Crippen LogP contribution in [0.1, 0.15) is 0 Å². The molecule has 1 heterocycles. The molecule has 0 spiro atoms. The van der Waals surface area contributed by atoms with Gasteiger partial charge in [0.2, 0.25) is 0 Å². The molecule has 0 bridgehead atoms. The highest BCUT2D eigenvalue weighted by Gasteiger charge is 2.09. The number of H-pyrrole nitrogens is 1. The fraction of sp³-hybridized carbons (Fsp3) is 0. The van der Waals surface area contributed by atoms with Crippen LogP contribution in [0.15, 0.2) is 47.3 Å². The highest BCUT2D eigenvalue weighted by Crippen LogP contribution is 2.18. The summed E-state index contributed by atoms with van der Waals surface area (Å²) < 4.78 is 15.0. The summed E-state index contributed by atoms with van der Waals surface area (Å²) in [5.41, 5.74) is 0.683. The Morgan fingerprint density at radius 1 is 1.20 bits per heavy atom. The average molecular weight is 307 g/mol. The summed E-state index contributed by atoms with van der Waals surface area (Å²) in [4.78, 5) is 15.4. The molecule has 3 aromatic rings. The summed E-state index contributed by atoms with van der Waals surface area (Å²) in [6.45, 7) is 0. The Bertz CT molecular complexity index is 932. The van der Waals surface area contributed by atoms with Gasteiger partial charge in [-0.2, -0.15) is 0 Å². The number of fused-ring (bicyclic) bond motifs is 1. The van der Waals surface area contributed by atoms with Crippen LogP contribution in [0.5, 0.6) is 0 Å². The molecule has 0 amide bonds. The smallest absolute Gasteiger partial charge is 0.266 e. The Hall–Kier alpha value is -1.98. The maximum Gasteiger partial charge on any atom is 0.266 e. The Kier molecular flexibility index (Phi) is 3.16. The third-order valence-electron chi connectivity index (χ3n) is 2.97. The first-order chi connectivity index (χ1) is 9.58. The van der Waals surface area contributed by atoms with Crippen molar-refractivity contribution in [2.24, 2.45) is 0 Å². The molecule has 0 unspecified atom stereocenters. The second-order valence-corrected chi connectivity index (χ2v) is 5.01. The van der Waals surface area contributed by atoms with Gasteiger partial charge in [0.1, 0.15) is 5.82 Å². The zero-order chi connectivity index (χ0) is 14.3. The van der Waals surface area contributed by atoms with E-state index >= 15 is 0 Å². The fourth-order valence-electron chi connectivity index (χ4n) is 2.02. The first-order valence-corrected chi connectivity index (χ1v) is 6.56. The normalized spacial score (nSPS) is 10.9. The maximum atomic E-state index is 13.6. The number of nitrogens with one attached hydrogen (secondary N) is 1. The van der Waals surface area contributed by atoms with Crippen LogP contribution >= 0.6 is 23.8 Å². The van der Waals surface area contributed by atoms with E-state index in [1.54, 1.807) is 30.3 Å². The topological polar surface area (TPSA) is 37.8 Å². The van der Waals surface area contributed by atoms with Gasteiger partial charge < -0.3 is 4.98 Å². The molecule has 1 aromatic heterocycles. The molecular weight excluding hydrogens is 299 g/mol. The quantitative estimate of drug-likeness (QED) is 0.694. The van der Waals surface area contributed by atoms with Gasteiger partial charge in [0.25, 0.3) is 5.56 Å². The molecule has 3 rings (SSSR count). The third kappa shape index (κ3) is 2.05. The number of halogens is 2. The Balaban J connectivity index is 2.39. The molecule has 0 saturated carbocycles. The van der Waals surface area contributed by atoms with Crippen LogP contribution in [0, 0.1) is 10.6 Å². The molecule has 0 aliphatic carbocycles. The number of hydrogen-bond donors (Lipinski definition) is 1. The summed E-state index contributed by atoms with van der Waals surface area (Å²) in [6, 6.07) is 11.1. The molecule has 100 valence electrons. The van der Waals surface area contributed by atoms with Crippen LogP contribution in [0.25, 0.3) is 16.6 Å². The van der Waals surface area contributed by atoms with Crippen molar-refractivity contribution in [3.8, 4) is 5.69 Å². The second-order valence-electron chi connectivity index (χ2n) is 4.21. The van der Waals surface area contributed by atoms with E-state index in [1.165, 1.54) is 16.7 Å². The number of aromatic nitrogens is 2. The number of para-hydroxylation sites is 1. The number of nitrogens with zero attached hydrogens (tertiary/aromatic N) is 1. The minimum Gasteiger partial charge on any atom is -0.331 e. The van der Waals surface area contributed by atoms with E-state index in [0.717, 1.165) is 0 Å². The van der Waals surface area contributed by atoms with Crippen LogP contribution < -0.4 is 5.56 Å². The van der Waals surface area contributed by atoms with Crippen molar-refractivity contribution in [2.45, 2.75) is 0 Å². The molecule has 6 heteroatoms. The van der Waals surface area contributed by atoms with Gasteiger partial charge in [-0.25, -0.2) is 4.39 Å². The lowest BCUT2D eigenvalue weighted by Gasteiger charge is -2.08. The van der Waals surface area contributed by atoms with Crippen molar-refractivity contribution in [2.75, 3.05) is 0 Å². The van der Waals surface area contributed by atoms with E-state index in [2.05, 4.69) is 4.98 Å². The van der Waals surface area contributed by atoms with Crippen molar-refractivity contribution in [3.05, 3.63) is 68.4 Å². The largest absolute Gasteiger partial charge is 0.331 e.